The monoisotopic (exact) mass is 304 g/mol. The van der Waals surface area contributed by atoms with Crippen molar-refractivity contribution in [2.24, 2.45) is 17.8 Å². The Morgan fingerprint density at radius 1 is 1.20 bits per heavy atom. The molecule has 0 aromatic rings. The van der Waals surface area contributed by atoms with Gasteiger partial charge in [0.05, 0.1) is 0 Å². The Morgan fingerprint density at radius 3 is 2.45 bits per heavy atom. The molecule has 0 aromatic carbocycles. The van der Waals surface area contributed by atoms with Crippen molar-refractivity contribution in [1.82, 2.24) is 9.03 Å². The highest BCUT2D eigenvalue weighted by atomic mass is 32.2. The maximum Gasteiger partial charge on any atom is 0.279 e. The van der Waals surface area contributed by atoms with Crippen molar-refractivity contribution >= 4 is 10.2 Å². The van der Waals surface area contributed by atoms with Crippen LogP contribution in [0.4, 0.5) is 0 Å². The lowest BCUT2D eigenvalue weighted by atomic mass is 9.81. The number of hydrogen-bond donors (Lipinski definition) is 2. The van der Waals surface area contributed by atoms with Gasteiger partial charge in [0.2, 0.25) is 0 Å². The van der Waals surface area contributed by atoms with Crippen LogP contribution in [0.15, 0.2) is 0 Å². The van der Waals surface area contributed by atoms with Gasteiger partial charge in [-0.05, 0) is 49.9 Å². The van der Waals surface area contributed by atoms with E-state index in [0.717, 1.165) is 25.7 Å². The smallest absolute Gasteiger partial charge is 0.279 e. The van der Waals surface area contributed by atoms with E-state index in [4.69, 9.17) is 0 Å². The van der Waals surface area contributed by atoms with Gasteiger partial charge in [0.15, 0.2) is 0 Å². The van der Waals surface area contributed by atoms with Gasteiger partial charge in [-0.1, -0.05) is 13.8 Å². The first-order chi connectivity index (χ1) is 9.40. The van der Waals surface area contributed by atoms with Crippen LogP contribution in [-0.2, 0) is 10.2 Å². The summed E-state index contributed by atoms with van der Waals surface area (Å²) in [6.07, 6.45) is 4.81. The molecule has 1 saturated heterocycles. The normalized spacial score (nSPS) is 37.0. The predicted octanol–water partition coefficient (Wildman–Crippen LogP) is 1.35. The van der Waals surface area contributed by atoms with E-state index in [1.165, 1.54) is 10.7 Å². The molecule has 3 atom stereocenters. The minimum Gasteiger partial charge on any atom is -0.396 e. The molecular weight excluding hydrogens is 276 g/mol. The van der Waals surface area contributed by atoms with E-state index in [2.05, 4.69) is 18.6 Å². The molecule has 0 aromatic heterocycles. The number of nitrogens with zero attached hydrogens (tertiary/aromatic N) is 1. The molecular formula is C14H28N2O3S. The zero-order valence-corrected chi connectivity index (χ0v) is 13.4. The quantitative estimate of drug-likeness (QED) is 0.824. The molecule has 3 unspecified atom stereocenters. The van der Waals surface area contributed by atoms with E-state index < -0.39 is 10.2 Å². The lowest BCUT2D eigenvalue weighted by Gasteiger charge is -2.35. The van der Waals surface area contributed by atoms with E-state index in [1.807, 2.05) is 0 Å². The van der Waals surface area contributed by atoms with Crippen molar-refractivity contribution in [3.63, 3.8) is 0 Å². The third-order valence-electron chi connectivity index (χ3n) is 4.57. The average Bonchev–Trinajstić information content (AvgIpc) is 2.37. The second-order valence-corrected chi connectivity index (χ2v) is 8.49. The topological polar surface area (TPSA) is 69.6 Å². The number of aliphatic hydroxyl groups is 1. The molecule has 0 radical (unpaired) electrons. The molecule has 0 spiro atoms. The fourth-order valence-corrected chi connectivity index (χ4v) is 5.26. The summed E-state index contributed by atoms with van der Waals surface area (Å²) < 4.78 is 29.3. The highest BCUT2D eigenvalue weighted by Crippen LogP contribution is 2.29. The number of nitrogens with one attached hydrogen (secondary N) is 1. The molecule has 1 aliphatic carbocycles. The molecule has 1 aliphatic heterocycles. The minimum absolute atomic E-state index is 0.0632. The molecule has 2 aliphatic rings. The van der Waals surface area contributed by atoms with E-state index in [1.54, 1.807) is 0 Å². The Bertz CT molecular complexity index is 403. The van der Waals surface area contributed by atoms with Crippen molar-refractivity contribution < 1.29 is 13.5 Å². The van der Waals surface area contributed by atoms with E-state index >= 15 is 0 Å². The highest BCUT2D eigenvalue weighted by Gasteiger charge is 2.32. The van der Waals surface area contributed by atoms with E-state index in [-0.39, 0.29) is 18.6 Å². The molecule has 1 heterocycles. The third kappa shape index (κ3) is 4.16. The lowest BCUT2D eigenvalue weighted by Crippen LogP contribution is -2.50. The Balaban J connectivity index is 1.96. The Morgan fingerprint density at radius 2 is 1.85 bits per heavy atom. The summed E-state index contributed by atoms with van der Waals surface area (Å²) in [4.78, 5) is 0. The zero-order valence-electron chi connectivity index (χ0n) is 12.6. The summed E-state index contributed by atoms with van der Waals surface area (Å²) in [5.41, 5.74) is 0. The standard InChI is InChI=1S/C14H28N2O3S/c1-11-6-12(2)8-14(7-11)15-20(18,19)16-5-3-4-13(9-16)10-17/h11-15,17H,3-10H2,1-2H3. The number of aliphatic hydroxyl groups excluding tert-OH is 1. The van der Waals surface area contributed by atoms with Gasteiger partial charge in [0.25, 0.3) is 10.2 Å². The largest absolute Gasteiger partial charge is 0.396 e. The molecule has 0 bridgehead atoms. The summed E-state index contributed by atoms with van der Waals surface area (Å²) in [6, 6.07) is 0.0632. The number of rotatable bonds is 4. The second kappa shape index (κ2) is 6.73. The van der Waals surface area contributed by atoms with Crippen LogP contribution in [0.25, 0.3) is 0 Å². The van der Waals surface area contributed by atoms with Crippen LogP contribution in [0, 0.1) is 17.8 Å². The molecule has 6 heteroatoms. The van der Waals surface area contributed by atoms with Crippen LogP contribution in [0.2, 0.25) is 0 Å². The first-order valence-electron chi connectivity index (χ1n) is 7.79. The Kier molecular flexibility index (Phi) is 5.45. The average molecular weight is 304 g/mol. The van der Waals surface area contributed by atoms with Crippen LogP contribution in [0.3, 0.4) is 0 Å². The van der Waals surface area contributed by atoms with Crippen molar-refractivity contribution in [1.29, 1.82) is 0 Å². The molecule has 2 N–H and O–H groups in total. The zero-order chi connectivity index (χ0) is 14.8. The molecule has 118 valence electrons. The van der Waals surface area contributed by atoms with Gasteiger partial charge in [-0.25, -0.2) is 0 Å². The summed E-state index contributed by atoms with van der Waals surface area (Å²) in [6.45, 7) is 5.48. The van der Waals surface area contributed by atoms with Gasteiger partial charge >= 0.3 is 0 Å². The highest BCUT2D eigenvalue weighted by molar-refractivity contribution is 7.87. The predicted molar refractivity (Wildman–Crippen MR) is 79.4 cm³/mol. The van der Waals surface area contributed by atoms with Gasteiger partial charge < -0.3 is 5.11 Å². The molecule has 5 nitrogen and oxygen atoms in total. The summed E-state index contributed by atoms with van der Waals surface area (Å²) in [5.74, 6) is 1.25. The van der Waals surface area contributed by atoms with Gasteiger partial charge in [-0.15, -0.1) is 0 Å². The van der Waals surface area contributed by atoms with Crippen LogP contribution in [0.5, 0.6) is 0 Å². The van der Waals surface area contributed by atoms with Crippen molar-refractivity contribution in [3.8, 4) is 0 Å². The first kappa shape index (κ1) is 16.2. The summed E-state index contributed by atoms with van der Waals surface area (Å²) in [5, 5.41) is 9.22. The van der Waals surface area contributed by atoms with Crippen molar-refractivity contribution in [3.05, 3.63) is 0 Å². The molecule has 0 amide bonds. The van der Waals surface area contributed by atoms with Gasteiger partial charge in [0.1, 0.15) is 0 Å². The fraction of sp³-hybridized carbons (Fsp3) is 1.00. The number of piperidine rings is 1. The third-order valence-corrected chi connectivity index (χ3v) is 6.22. The summed E-state index contributed by atoms with van der Waals surface area (Å²) >= 11 is 0. The molecule has 1 saturated carbocycles. The SMILES string of the molecule is CC1CC(C)CC(NS(=O)(=O)N2CCCC(CO)C2)C1. The molecule has 2 rings (SSSR count). The molecule has 2 fully saturated rings. The maximum atomic E-state index is 12.5. The number of hydrogen-bond acceptors (Lipinski definition) is 3. The second-order valence-electron chi connectivity index (χ2n) is 6.79. The minimum atomic E-state index is -3.40. The lowest BCUT2D eigenvalue weighted by molar-refractivity contribution is 0.163. The van der Waals surface area contributed by atoms with Crippen LogP contribution < -0.4 is 4.72 Å². The Hall–Kier alpha value is -0.170. The van der Waals surface area contributed by atoms with E-state index in [9.17, 15) is 13.5 Å². The van der Waals surface area contributed by atoms with Crippen molar-refractivity contribution in [2.45, 2.75) is 52.0 Å². The summed E-state index contributed by atoms with van der Waals surface area (Å²) in [7, 11) is -3.40. The van der Waals surface area contributed by atoms with Crippen LogP contribution in [0.1, 0.15) is 46.0 Å². The maximum absolute atomic E-state index is 12.5. The van der Waals surface area contributed by atoms with Gasteiger partial charge in [-0.2, -0.15) is 17.4 Å². The van der Waals surface area contributed by atoms with Crippen molar-refractivity contribution in [2.75, 3.05) is 19.7 Å². The van der Waals surface area contributed by atoms with E-state index in [0.29, 0.717) is 24.9 Å². The van der Waals surface area contributed by atoms with Crippen LogP contribution >= 0.6 is 0 Å². The van der Waals surface area contributed by atoms with Gasteiger partial charge in [-0.3, -0.25) is 0 Å². The molecule has 20 heavy (non-hydrogen) atoms. The Labute approximate surface area is 122 Å². The fourth-order valence-electron chi connectivity index (χ4n) is 3.72. The van der Waals surface area contributed by atoms with Gasteiger partial charge in [0, 0.05) is 25.7 Å². The van der Waals surface area contributed by atoms with Crippen LogP contribution in [-0.4, -0.2) is 43.6 Å². The first-order valence-corrected chi connectivity index (χ1v) is 9.23.